The number of hydrogen-bond donors (Lipinski definition) is 1. The molecule has 1 saturated heterocycles. The molecule has 0 unspecified atom stereocenters. The number of nitrogens with one attached hydrogen (secondary N) is 1. The summed E-state index contributed by atoms with van der Waals surface area (Å²) in [4.78, 5) is 12.0. The predicted molar refractivity (Wildman–Crippen MR) is 74.6 cm³/mol. The lowest BCUT2D eigenvalue weighted by molar-refractivity contribution is 0.392. The van der Waals surface area contributed by atoms with Crippen molar-refractivity contribution < 1.29 is 4.42 Å². The first-order chi connectivity index (χ1) is 8.34. The molecule has 1 aromatic carbocycles. The number of piperidine rings is 1. The Morgan fingerprint density at radius 1 is 1.17 bits per heavy atom. The van der Waals surface area contributed by atoms with Crippen LogP contribution in [0.1, 0.15) is 24.5 Å². The highest BCUT2D eigenvalue weighted by Crippen LogP contribution is 2.26. The van der Waals surface area contributed by atoms with Gasteiger partial charge in [-0.15, -0.1) is 12.4 Å². The Morgan fingerprint density at radius 2 is 1.89 bits per heavy atom. The molecule has 0 aliphatic carbocycles. The molecule has 3 rings (SSSR count). The van der Waals surface area contributed by atoms with Crippen molar-refractivity contribution in [1.29, 1.82) is 0 Å². The van der Waals surface area contributed by atoms with Gasteiger partial charge in [0.1, 0.15) is 11.3 Å². The Balaban J connectivity index is 0.00000120. The van der Waals surface area contributed by atoms with Crippen molar-refractivity contribution in [3.8, 4) is 0 Å². The van der Waals surface area contributed by atoms with Gasteiger partial charge in [-0.2, -0.15) is 0 Å². The van der Waals surface area contributed by atoms with Gasteiger partial charge < -0.3 is 9.73 Å². The molecule has 0 saturated carbocycles. The summed E-state index contributed by atoms with van der Waals surface area (Å²) in [5, 5.41) is 3.99. The first kappa shape index (κ1) is 13.1. The maximum absolute atomic E-state index is 12.0. The van der Waals surface area contributed by atoms with E-state index in [9.17, 15) is 4.79 Å². The molecular weight excluding hydrogens is 250 g/mol. The first-order valence-electron chi connectivity index (χ1n) is 6.08. The van der Waals surface area contributed by atoms with Crippen molar-refractivity contribution in [2.75, 3.05) is 13.1 Å². The van der Waals surface area contributed by atoms with E-state index in [1.807, 2.05) is 24.3 Å². The topological polar surface area (TPSA) is 42.2 Å². The minimum atomic E-state index is 0. The summed E-state index contributed by atoms with van der Waals surface area (Å²) in [5.74, 6) is 1.23. The van der Waals surface area contributed by atoms with Crippen LogP contribution in [0.4, 0.5) is 0 Å². The first-order valence-corrected chi connectivity index (χ1v) is 6.08. The number of hydrogen-bond acceptors (Lipinski definition) is 3. The monoisotopic (exact) mass is 265 g/mol. The van der Waals surface area contributed by atoms with Gasteiger partial charge in [0.2, 0.25) is 0 Å². The lowest BCUT2D eigenvalue weighted by Crippen LogP contribution is -2.27. The average molecular weight is 266 g/mol. The van der Waals surface area contributed by atoms with Crippen molar-refractivity contribution in [1.82, 2.24) is 5.32 Å². The van der Waals surface area contributed by atoms with Crippen LogP contribution in [-0.2, 0) is 0 Å². The number of rotatable bonds is 1. The molecule has 0 atom stereocenters. The lowest BCUT2D eigenvalue weighted by atomic mass is 9.95. The maximum Gasteiger partial charge on any atom is 0.192 e. The fourth-order valence-electron chi connectivity index (χ4n) is 2.43. The molecule has 96 valence electrons. The van der Waals surface area contributed by atoms with E-state index in [4.69, 9.17) is 4.42 Å². The third kappa shape index (κ3) is 2.42. The molecule has 2 heterocycles. The summed E-state index contributed by atoms with van der Waals surface area (Å²) in [5.41, 5.74) is 0.772. The van der Waals surface area contributed by atoms with Crippen LogP contribution in [0.3, 0.4) is 0 Å². The number of para-hydroxylation sites is 1. The molecule has 0 bridgehead atoms. The molecule has 1 aliphatic rings. The van der Waals surface area contributed by atoms with Gasteiger partial charge in [0, 0.05) is 12.0 Å². The van der Waals surface area contributed by atoms with Crippen molar-refractivity contribution >= 4 is 23.4 Å². The minimum Gasteiger partial charge on any atom is -0.461 e. The molecule has 1 aliphatic heterocycles. The third-order valence-corrected chi connectivity index (χ3v) is 3.40. The van der Waals surface area contributed by atoms with Crippen LogP contribution in [0.15, 0.2) is 39.5 Å². The molecule has 0 spiro atoms. The standard InChI is InChI=1S/C14H15NO2.ClH/c16-12-9-14(10-5-7-15-8-6-10)17-13-4-2-1-3-11(12)13;/h1-4,9-10,15H,5-8H2;1H. The molecule has 0 radical (unpaired) electrons. The largest absolute Gasteiger partial charge is 0.461 e. The molecule has 18 heavy (non-hydrogen) atoms. The highest BCUT2D eigenvalue weighted by Gasteiger charge is 2.18. The Bertz CT molecular complexity index is 588. The zero-order valence-corrected chi connectivity index (χ0v) is 10.8. The Morgan fingerprint density at radius 3 is 2.67 bits per heavy atom. The smallest absolute Gasteiger partial charge is 0.192 e. The molecule has 4 heteroatoms. The van der Waals surface area contributed by atoms with Crippen LogP contribution < -0.4 is 10.7 Å². The molecule has 2 aromatic rings. The fraction of sp³-hybridized carbons (Fsp3) is 0.357. The second-order valence-corrected chi connectivity index (χ2v) is 4.53. The van der Waals surface area contributed by atoms with Crippen LogP contribution in [0.5, 0.6) is 0 Å². The molecular formula is C14H16ClNO2. The van der Waals surface area contributed by atoms with E-state index in [1.165, 1.54) is 0 Å². The van der Waals surface area contributed by atoms with Crippen LogP contribution in [-0.4, -0.2) is 13.1 Å². The highest BCUT2D eigenvalue weighted by molar-refractivity contribution is 5.85. The van der Waals surface area contributed by atoms with Gasteiger partial charge in [-0.1, -0.05) is 12.1 Å². The van der Waals surface area contributed by atoms with Crippen molar-refractivity contribution in [2.24, 2.45) is 0 Å². The van der Waals surface area contributed by atoms with Gasteiger partial charge in [0.25, 0.3) is 0 Å². The molecule has 1 aromatic heterocycles. The lowest BCUT2D eigenvalue weighted by Gasteiger charge is -2.21. The quantitative estimate of drug-likeness (QED) is 0.862. The molecule has 0 amide bonds. The van der Waals surface area contributed by atoms with Crippen molar-refractivity contribution in [2.45, 2.75) is 18.8 Å². The van der Waals surface area contributed by atoms with Crippen LogP contribution in [0.25, 0.3) is 11.0 Å². The van der Waals surface area contributed by atoms with Crippen LogP contribution in [0, 0.1) is 0 Å². The fourth-order valence-corrected chi connectivity index (χ4v) is 2.43. The normalized spacial score (nSPS) is 16.4. The second-order valence-electron chi connectivity index (χ2n) is 4.53. The zero-order chi connectivity index (χ0) is 11.7. The summed E-state index contributed by atoms with van der Waals surface area (Å²) in [6.45, 7) is 2.00. The van der Waals surface area contributed by atoms with Gasteiger partial charge in [0.05, 0.1) is 5.39 Å². The second kappa shape index (κ2) is 5.55. The van der Waals surface area contributed by atoms with E-state index in [1.54, 1.807) is 6.07 Å². The SMILES string of the molecule is Cl.O=c1cc(C2CCNCC2)oc2ccccc12. The number of benzene rings is 1. The van der Waals surface area contributed by atoms with Gasteiger partial charge in [-0.3, -0.25) is 4.79 Å². The molecule has 1 N–H and O–H groups in total. The summed E-state index contributed by atoms with van der Waals surface area (Å²) >= 11 is 0. The van der Waals surface area contributed by atoms with Crippen LogP contribution in [0.2, 0.25) is 0 Å². The summed E-state index contributed by atoms with van der Waals surface area (Å²) in [6, 6.07) is 9.11. The zero-order valence-electron chi connectivity index (χ0n) is 10.0. The van der Waals surface area contributed by atoms with Gasteiger partial charge in [-0.05, 0) is 38.1 Å². The molecule has 1 fully saturated rings. The van der Waals surface area contributed by atoms with E-state index >= 15 is 0 Å². The number of fused-ring (bicyclic) bond motifs is 1. The van der Waals surface area contributed by atoms with Crippen molar-refractivity contribution in [3.63, 3.8) is 0 Å². The maximum atomic E-state index is 12.0. The van der Waals surface area contributed by atoms with E-state index in [0.29, 0.717) is 16.9 Å². The molecule has 3 nitrogen and oxygen atoms in total. The van der Waals surface area contributed by atoms with Gasteiger partial charge >= 0.3 is 0 Å². The van der Waals surface area contributed by atoms with Crippen molar-refractivity contribution in [3.05, 3.63) is 46.3 Å². The Hall–Kier alpha value is -1.32. The van der Waals surface area contributed by atoms with Gasteiger partial charge in [0.15, 0.2) is 5.43 Å². The summed E-state index contributed by atoms with van der Waals surface area (Å²) in [6.07, 6.45) is 2.09. The predicted octanol–water partition coefficient (Wildman–Crippen LogP) is 2.68. The average Bonchev–Trinajstić information content (AvgIpc) is 2.40. The third-order valence-electron chi connectivity index (χ3n) is 3.40. The van der Waals surface area contributed by atoms with E-state index in [0.717, 1.165) is 31.7 Å². The summed E-state index contributed by atoms with van der Waals surface area (Å²) in [7, 11) is 0. The summed E-state index contributed by atoms with van der Waals surface area (Å²) < 4.78 is 5.85. The highest BCUT2D eigenvalue weighted by atomic mass is 35.5. The van der Waals surface area contributed by atoms with E-state index in [-0.39, 0.29) is 17.8 Å². The Kier molecular flexibility index (Phi) is 4.04. The number of halogens is 1. The van der Waals surface area contributed by atoms with Crippen LogP contribution >= 0.6 is 12.4 Å². The van der Waals surface area contributed by atoms with E-state index in [2.05, 4.69) is 5.32 Å². The minimum absolute atomic E-state index is 0. The Labute approximate surface area is 112 Å². The van der Waals surface area contributed by atoms with Gasteiger partial charge in [-0.25, -0.2) is 0 Å². The van der Waals surface area contributed by atoms with E-state index < -0.39 is 0 Å².